The summed E-state index contributed by atoms with van der Waals surface area (Å²) >= 11 is 6.19. The van der Waals surface area contributed by atoms with E-state index < -0.39 is 11.2 Å². The first kappa shape index (κ1) is 18.7. The Kier molecular flexibility index (Phi) is 5.00. The number of rotatable bonds is 5. The second-order valence-electron chi connectivity index (χ2n) is 5.97. The van der Waals surface area contributed by atoms with Gasteiger partial charge in [0.05, 0.1) is 0 Å². The maximum Gasteiger partial charge on any atom is 0.332 e. The first-order chi connectivity index (χ1) is 12.9. The Hall–Kier alpha value is -3.13. The summed E-state index contributed by atoms with van der Waals surface area (Å²) in [4.78, 5) is 43.2. The minimum absolute atomic E-state index is 0.0386. The van der Waals surface area contributed by atoms with Gasteiger partial charge in [0.25, 0.3) is 5.56 Å². The zero-order valence-electron chi connectivity index (χ0n) is 14.9. The smallest absolute Gasteiger partial charge is 0.307 e. The molecule has 0 fully saturated rings. The summed E-state index contributed by atoms with van der Waals surface area (Å²) in [6.45, 7) is 3.78. The van der Waals surface area contributed by atoms with Gasteiger partial charge in [0.15, 0.2) is 11.2 Å². The lowest BCUT2D eigenvalue weighted by molar-refractivity contribution is -0.119. The van der Waals surface area contributed by atoms with Gasteiger partial charge in [-0.2, -0.15) is 4.98 Å². The molecule has 0 radical (unpaired) electrons. The monoisotopic (exact) mass is 387 g/mol. The SMILES string of the molecule is C=CCN(C(=O)Cn1c(Cl)nc2c1c(=O)n(C)c(=O)n2C)c1ccccc1. The van der Waals surface area contributed by atoms with Crippen LogP contribution in [0.25, 0.3) is 11.2 Å². The Morgan fingerprint density at radius 1 is 1.22 bits per heavy atom. The number of hydrogen-bond donors (Lipinski definition) is 0. The number of para-hydroxylation sites is 1. The molecule has 2 heterocycles. The third kappa shape index (κ3) is 3.19. The summed E-state index contributed by atoms with van der Waals surface area (Å²) in [5.74, 6) is -0.293. The Morgan fingerprint density at radius 3 is 2.52 bits per heavy atom. The number of benzene rings is 1. The molecule has 0 N–H and O–H groups in total. The number of halogens is 1. The Balaban J connectivity index is 2.10. The van der Waals surface area contributed by atoms with Crippen LogP contribution >= 0.6 is 11.6 Å². The summed E-state index contributed by atoms with van der Waals surface area (Å²) in [5, 5.41) is -0.0386. The van der Waals surface area contributed by atoms with Crippen molar-refractivity contribution in [2.45, 2.75) is 6.54 Å². The second kappa shape index (κ2) is 7.24. The van der Waals surface area contributed by atoms with Crippen LogP contribution in [0.4, 0.5) is 5.69 Å². The molecule has 0 aliphatic heterocycles. The molecule has 8 nitrogen and oxygen atoms in total. The van der Waals surface area contributed by atoms with Crippen LogP contribution in [0, 0.1) is 0 Å². The molecule has 3 rings (SSSR count). The van der Waals surface area contributed by atoms with E-state index in [-0.39, 0.29) is 28.9 Å². The number of anilines is 1. The highest BCUT2D eigenvalue weighted by Crippen LogP contribution is 2.18. The van der Waals surface area contributed by atoms with Gasteiger partial charge in [-0.15, -0.1) is 6.58 Å². The number of amides is 1. The number of hydrogen-bond acceptors (Lipinski definition) is 4. The van der Waals surface area contributed by atoms with Crippen LogP contribution in [-0.2, 0) is 25.4 Å². The average Bonchev–Trinajstić information content (AvgIpc) is 2.99. The maximum atomic E-state index is 12.9. The molecule has 0 aliphatic rings. The van der Waals surface area contributed by atoms with Gasteiger partial charge in [-0.05, 0) is 23.7 Å². The van der Waals surface area contributed by atoms with Crippen LogP contribution < -0.4 is 16.1 Å². The zero-order valence-corrected chi connectivity index (χ0v) is 15.7. The molecule has 140 valence electrons. The van der Waals surface area contributed by atoms with Gasteiger partial charge >= 0.3 is 5.69 Å². The summed E-state index contributed by atoms with van der Waals surface area (Å²) in [6.07, 6.45) is 1.61. The highest BCUT2D eigenvalue weighted by molar-refractivity contribution is 6.29. The highest BCUT2D eigenvalue weighted by Gasteiger charge is 2.22. The number of nitrogens with zero attached hydrogens (tertiary/aromatic N) is 5. The van der Waals surface area contributed by atoms with Gasteiger partial charge in [-0.1, -0.05) is 24.3 Å². The predicted molar refractivity (Wildman–Crippen MR) is 104 cm³/mol. The van der Waals surface area contributed by atoms with Crippen LogP contribution in [0.1, 0.15) is 0 Å². The Morgan fingerprint density at radius 2 is 1.89 bits per heavy atom. The molecule has 0 aliphatic carbocycles. The van der Waals surface area contributed by atoms with Crippen molar-refractivity contribution in [3.63, 3.8) is 0 Å². The topological polar surface area (TPSA) is 82.1 Å². The molecule has 27 heavy (non-hydrogen) atoms. The molecule has 0 bridgehead atoms. The summed E-state index contributed by atoms with van der Waals surface area (Å²) in [7, 11) is 2.86. The van der Waals surface area contributed by atoms with E-state index in [1.165, 1.54) is 28.1 Å². The number of aryl methyl sites for hydroxylation is 1. The van der Waals surface area contributed by atoms with Crippen molar-refractivity contribution in [3.05, 3.63) is 69.1 Å². The molecular weight excluding hydrogens is 370 g/mol. The van der Waals surface area contributed by atoms with E-state index in [0.717, 1.165) is 4.57 Å². The van der Waals surface area contributed by atoms with Gasteiger partial charge in [-0.25, -0.2) is 4.79 Å². The number of aromatic nitrogens is 4. The van der Waals surface area contributed by atoms with E-state index >= 15 is 0 Å². The Bertz CT molecular complexity index is 1140. The molecule has 0 saturated heterocycles. The maximum absolute atomic E-state index is 12.9. The molecule has 1 aromatic carbocycles. The largest absolute Gasteiger partial charge is 0.332 e. The molecule has 0 atom stereocenters. The lowest BCUT2D eigenvalue weighted by Gasteiger charge is -2.21. The first-order valence-electron chi connectivity index (χ1n) is 8.15. The second-order valence-corrected chi connectivity index (χ2v) is 6.31. The van der Waals surface area contributed by atoms with Gasteiger partial charge in [0, 0.05) is 26.3 Å². The van der Waals surface area contributed by atoms with Crippen LogP contribution in [0.3, 0.4) is 0 Å². The highest BCUT2D eigenvalue weighted by atomic mass is 35.5. The van der Waals surface area contributed by atoms with Crippen molar-refractivity contribution >= 4 is 34.4 Å². The van der Waals surface area contributed by atoms with Crippen molar-refractivity contribution < 1.29 is 4.79 Å². The van der Waals surface area contributed by atoms with Gasteiger partial charge in [0.2, 0.25) is 11.2 Å². The molecule has 0 unspecified atom stereocenters. The summed E-state index contributed by atoms with van der Waals surface area (Å²) < 4.78 is 3.50. The molecule has 0 spiro atoms. The number of imidazole rings is 1. The van der Waals surface area contributed by atoms with Crippen LogP contribution in [0.2, 0.25) is 5.28 Å². The van der Waals surface area contributed by atoms with Crippen molar-refractivity contribution in [1.82, 2.24) is 18.7 Å². The fraction of sp³-hybridized carbons (Fsp3) is 0.222. The molecule has 2 aromatic heterocycles. The van der Waals surface area contributed by atoms with Crippen molar-refractivity contribution in [2.75, 3.05) is 11.4 Å². The number of carbonyl (C=O) groups is 1. The standard InChI is InChI=1S/C18H18ClN5O3/c1-4-10-23(12-8-6-5-7-9-12)13(25)11-24-14-15(20-17(24)19)21(2)18(27)22(3)16(14)26/h4-9H,1,10-11H2,2-3H3. The molecule has 9 heteroatoms. The average molecular weight is 388 g/mol. The van der Waals surface area contributed by atoms with Crippen LogP contribution in [-0.4, -0.2) is 31.1 Å². The van der Waals surface area contributed by atoms with Gasteiger partial charge in [0.1, 0.15) is 6.54 Å². The lowest BCUT2D eigenvalue weighted by atomic mass is 10.2. The van der Waals surface area contributed by atoms with E-state index in [2.05, 4.69) is 11.6 Å². The predicted octanol–water partition coefficient (Wildman–Crippen LogP) is 1.31. The van der Waals surface area contributed by atoms with Crippen LogP contribution in [0.5, 0.6) is 0 Å². The minimum Gasteiger partial charge on any atom is -0.307 e. The van der Waals surface area contributed by atoms with Crippen LogP contribution in [0.15, 0.2) is 52.6 Å². The van der Waals surface area contributed by atoms with Crippen molar-refractivity contribution in [3.8, 4) is 0 Å². The number of carbonyl (C=O) groups excluding carboxylic acids is 1. The molecule has 0 saturated carbocycles. The molecule has 3 aromatic rings. The Labute approximate surface area is 159 Å². The molecule has 1 amide bonds. The van der Waals surface area contributed by atoms with E-state index in [1.807, 2.05) is 18.2 Å². The normalized spacial score (nSPS) is 10.9. The number of fused-ring (bicyclic) bond motifs is 1. The van der Waals surface area contributed by atoms with Crippen molar-refractivity contribution in [1.29, 1.82) is 0 Å². The van der Waals surface area contributed by atoms with Gasteiger partial charge < -0.3 is 4.90 Å². The fourth-order valence-corrected chi connectivity index (χ4v) is 3.10. The third-order valence-corrected chi connectivity index (χ3v) is 4.56. The summed E-state index contributed by atoms with van der Waals surface area (Å²) in [6, 6.07) is 9.10. The van der Waals surface area contributed by atoms with E-state index in [1.54, 1.807) is 18.2 Å². The van der Waals surface area contributed by atoms with Gasteiger partial charge in [-0.3, -0.25) is 23.3 Å². The fourth-order valence-electron chi connectivity index (χ4n) is 2.87. The quantitative estimate of drug-likeness (QED) is 0.488. The van der Waals surface area contributed by atoms with E-state index in [0.29, 0.717) is 12.2 Å². The van der Waals surface area contributed by atoms with E-state index in [9.17, 15) is 14.4 Å². The minimum atomic E-state index is -0.560. The molecular formula is C18H18ClN5O3. The lowest BCUT2D eigenvalue weighted by Crippen LogP contribution is -2.38. The van der Waals surface area contributed by atoms with E-state index in [4.69, 9.17) is 11.6 Å². The zero-order chi connectivity index (χ0) is 19.7. The first-order valence-corrected chi connectivity index (χ1v) is 8.52. The third-order valence-electron chi connectivity index (χ3n) is 4.28. The summed E-state index contributed by atoms with van der Waals surface area (Å²) in [5.41, 5.74) is -0.142. The van der Waals surface area contributed by atoms with Crippen molar-refractivity contribution in [2.24, 2.45) is 14.1 Å².